The molecular weight excluding hydrogens is 717 g/mol. The lowest BCUT2D eigenvalue weighted by molar-refractivity contribution is -0.432. The van der Waals surface area contributed by atoms with Crippen LogP contribution in [-0.4, -0.2) is 30.0 Å². The van der Waals surface area contributed by atoms with Gasteiger partial charge in [-0.1, -0.05) is 233 Å². The Bertz CT molecular complexity index is 785. The number of hydrogen-bond acceptors (Lipinski definition) is 8. The first-order valence-corrected chi connectivity index (χ1v) is 24.7. The second-order valence-electron chi connectivity index (χ2n) is 16.7. The Kier molecular flexibility index (Phi) is 40.5. The predicted octanol–water partition coefficient (Wildman–Crippen LogP) is 15.5. The van der Waals surface area contributed by atoms with Gasteiger partial charge in [0.05, 0.1) is 0 Å². The van der Waals surface area contributed by atoms with E-state index in [1.165, 1.54) is 128 Å². The molecule has 0 radical (unpaired) electrons. The third-order valence-electron chi connectivity index (χ3n) is 10.9. The lowest BCUT2D eigenvalue weighted by Gasteiger charge is -2.29. The highest BCUT2D eigenvalue weighted by molar-refractivity contribution is 5.75. The zero-order chi connectivity index (χ0) is 41.9. The molecule has 0 aliphatic carbocycles. The first-order chi connectivity index (χ1) is 27.8. The molecule has 57 heavy (non-hydrogen) atoms. The monoisotopic (exact) mass is 809 g/mol. The number of rotatable bonds is 44. The molecule has 0 fully saturated rings. The van der Waals surface area contributed by atoms with Crippen molar-refractivity contribution in [3.05, 3.63) is 0 Å². The molecule has 0 saturated heterocycles. The maximum Gasteiger partial charge on any atom is 0.619 e. The van der Waals surface area contributed by atoms with Crippen molar-refractivity contribution >= 4 is 23.9 Å². The van der Waals surface area contributed by atoms with Crippen LogP contribution in [-0.2, 0) is 38.1 Å². The van der Waals surface area contributed by atoms with Crippen molar-refractivity contribution in [1.29, 1.82) is 0 Å². The fourth-order valence-corrected chi connectivity index (χ4v) is 7.21. The van der Waals surface area contributed by atoms with Gasteiger partial charge >= 0.3 is 30.0 Å². The minimum Gasteiger partial charge on any atom is -0.352 e. The fourth-order valence-electron chi connectivity index (χ4n) is 7.21. The largest absolute Gasteiger partial charge is 0.619 e. The Morgan fingerprint density at radius 3 is 0.544 bits per heavy atom. The molecule has 0 aromatic carbocycles. The third kappa shape index (κ3) is 37.9. The molecule has 336 valence electrons. The van der Waals surface area contributed by atoms with Gasteiger partial charge in [0.2, 0.25) is 0 Å². The summed E-state index contributed by atoms with van der Waals surface area (Å²) in [4.78, 5) is 53.2. The van der Waals surface area contributed by atoms with E-state index in [0.29, 0.717) is 25.7 Å². The SMILES string of the molecule is CCCCCCCCCCCC(=O)OC(OC(=O)CCCCCCCCCCC)(OC(=O)CCCCCCCCCCC)OC(=O)CCCCCCCCCCC. The van der Waals surface area contributed by atoms with Gasteiger partial charge in [0.25, 0.3) is 0 Å². The standard InChI is InChI=1S/C49H92O8/c1-5-9-13-17-21-25-29-33-37-41-45(50)54-49(55-46(51)42-38-34-30-26-22-18-14-10-6-2,56-47(52)43-39-35-31-27-23-19-15-11-7-3)57-48(53)44-40-36-32-28-24-20-16-12-8-4/h5-44H2,1-4H3. The lowest BCUT2D eigenvalue weighted by atomic mass is 10.1. The Hall–Kier alpha value is -2.12. The molecule has 0 unspecified atom stereocenters. The van der Waals surface area contributed by atoms with Gasteiger partial charge < -0.3 is 18.9 Å². The summed E-state index contributed by atoms with van der Waals surface area (Å²) in [6.45, 7) is 8.85. The van der Waals surface area contributed by atoms with Crippen molar-refractivity contribution in [2.45, 2.75) is 291 Å². The number of unbranched alkanes of at least 4 members (excludes halogenated alkanes) is 32. The van der Waals surface area contributed by atoms with Gasteiger partial charge in [0, 0.05) is 25.7 Å². The second kappa shape index (κ2) is 42.0. The molecule has 8 nitrogen and oxygen atoms in total. The molecule has 0 aromatic heterocycles. The van der Waals surface area contributed by atoms with Crippen molar-refractivity contribution in [2.24, 2.45) is 0 Å². The zero-order valence-electron chi connectivity index (χ0n) is 38.1. The molecule has 0 aliphatic rings. The molecule has 0 bridgehead atoms. The number of hydrogen-bond donors (Lipinski definition) is 0. The molecule has 0 N–H and O–H groups in total. The number of carbonyl (C=O) groups is 4. The van der Waals surface area contributed by atoms with E-state index in [9.17, 15) is 19.2 Å². The van der Waals surface area contributed by atoms with Crippen LogP contribution in [0.5, 0.6) is 0 Å². The molecule has 0 rings (SSSR count). The van der Waals surface area contributed by atoms with Gasteiger partial charge in [-0.2, -0.15) is 0 Å². The Morgan fingerprint density at radius 1 is 0.246 bits per heavy atom. The van der Waals surface area contributed by atoms with Crippen LogP contribution < -0.4 is 0 Å². The van der Waals surface area contributed by atoms with Crippen LogP contribution in [0.2, 0.25) is 0 Å². The summed E-state index contributed by atoms with van der Waals surface area (Å²) in [5, 5.41) is 0. The smallest absolute Gasteiger partial charge is 0.352 e. The van der Waals surface area contributed by atoms with Gasteiger partial charge in [-0.15, -0.1) is 0 Å². The summed E-state index contributed by atoms with van der Waals surface area (Å²) in [6, 6.07) is 0. The van der Waals surface area contributed by atoms with Crippen molar-refractivity contribution < 1.29 is 38.1 Å². The van der Waals surface area contributed by atoms with Crippen LogP contribution in [0.3, 0.4) is 0 Å². The van der Waals surface area contributed by atoms with Crippen LogP contribution in [0.25, 0.3) is 0 Å². The summed E-state index contributed by atoms with van der Waals surface area (Å²) < 4.78 is 22.5. The maximum absolute atomic E-state index is 13.3. The van der Waals surface area contributed by atoms with E-state index >= 15 is 0 Å². The fraction of sp³-hybridized carbons (Fsp3) is 0.918. The average Bonchev–Trinajstić information content (AvgIpc) is 3.18. The topological polar surface area (TPSA) is 105 Å². The Morgan fingerprint density at radius 2 is 0.386 bits per heavy atom. The average molecular weight is 809 g/mol. The molecule has 0 aromatic rings. The number of ether oxygens (including phenoxy) is 4. The quantitative estimate of drug-likeness (QED) is 0.0340. The molecule has 0 spiro atoms. The first kappa shape index (κ1) is 54.9. The Balaban J connectivity index is 5.52. The van der Waals surface area contributed by atoms with Crippen molar-refractivity contribution in [3.63, 3.8) is 0 Å². The highest BCUT2D eigenvalue weighted by atomic mass is 17.0. The van der Waals surface area contributed by atoms with Crippen LogP contribution >= 0.6 is 0 Å². The summed E-state index contributed by atoms with van der Waals surface area (Å²) >= 11 is 0. The van der Waals surface area contributed by atoms with Gasteiger partial charge in [-0.05, 0) is 25.7 Å². The van der Waals surface area contributed by atoms with E-state index in [1.54, 1.807) is 0 Å². The third-order valence-corrected chi connectivity index (χ3v) is 10.9. The van der Waals surface area contributed by atoms with E-state index in [1.807, 2.05) is 0 Å². The lowest BCUT2D eigenvalue weighted by Crippen LogP contribution is -2.48. The van der Waals surface area contributed by atoms with Gasteiger partial charge in [0.1, 0.15) is 0 Å². The summed E-state index contributed by atoms with van der Waals surface area (Å²) in [6.07, 6.45) is 36.3. The highest BCUT2D eigenvalue weighted by Crippen LogP contribution is 2.25. The van der Waals surface area contributed by atoms with Gasteiger partial charge in [0.15, 0.2) is 0 Å². The summed E-state index contributed by atoms with van der Waals surface area (Å²) in [5.41, 5.74) is 0. The van der Waals surface area contributed by atoms with E-state index < -0.39 is 30.0 Å². The van der Waals surface area contributed by atoms with Crippen LogP contribution in [0.4, 0.5) is 0 Å². The van der Waals surface area contributed by atoms with Crippen LogP contribution in [0, 0.1) is 0 Å². The van der Waals surface area contributed by atoms with Crippen molar-refractivity contribution in [3.8, 4) is 0 Å². The predicted molar refractivity (Wildman–Crippen MR) is 234 cm³/mol. The number of carbonyl (C=O) groups excluding carboxylic acids is 4. The molecule has 0 aliphatic heterocycles. The minimum atomic E-state index is -2.85. The minimum absolute atomic E-state index is 0.0407. The van der Waals surface area contributed by atoms with E-state index in [4.69, 9.17) is 18.9 Å². The molecular formula is C49H92O8. The highest BCUT2D eigenvalue weighted by Gasteiger charge is 2.49. The molecule has 0 amide bonds. The van der Waals surface area contributed by atoms with Crippen LogP contribution in [0.15, 0.2) is 0 Å². The van der Waals surface area contributed by atoms with E-state index in [-0.39, 0.29) is 25.7 Å². The normalized spacial score (nSPS) is 11.4. The van der Waals surface area contributed by atoms with Gasteiger partial charge in [-0.25, -0.2) is 0 Å². The van der Waals surface area contributed by atoms with Crippen LogP contribution in [0.1, 0.15) is 285 Å². The van der Waals surface area contributed by atoms with Crippen molar-refractivity contribution in [1.82, 2.24) is 0 Å². The van der Waals surface area contributed by atoms with E-state index in [2.05, 4.69) is 27.7 Å². The zero-order valence-corrected chi connectivity index (χ0v) is 38.1. The van der Waals surface area contributed by atoms with Gasteiger partial charge in [-0.3, -0.25) is 19.2 Å². The maximum atomic E-state index is 13.3. The summed E-state index contributed by atoms with van der Waals surface area (Å²) in [5.74, 6) is -2.89. The molecule has 0 heterocycles. The number of esters is 4. The van der Waals surface area contributed by atoms with E-state index in [0.717, 1.165) is 77.0 Å². The van der Waals surface area contributed by atoms with Crippen molar-refractivity contribution in [2.75, 3.05) is 0 Å². The Labute approximate surface area is 351 Å². The first-order valence-electron chi connectivity index (χ1n) is 24.7. The molecule has 8 heteroatoms. The molecule has 0 saturated carbocycles. The molecule has 0 atom stereocenters. The summed E-state index contributed by atoms with van der Waals surface area (Å²) in [7, 11) is 0. The second-order valence-corrected chi connectivity index (χ2v) is 16.7.